The molecule has 0 aliphatic carbocycles. The molecule has 1 aromatic heterocycles. The molecule has 3 heteroatoms. The van der Waals surface area contributed by atoms with Gasteiger partial charge in [0.05, 0.1) is 12.5 Å². The topological polar surface area (TPSA) is 23.8 Å². The zero-order valence-electron chi connectivity index (χ0n) is 7.74. The minimum absolute atomic E-state index is 0.501. The smallest absolute Gasteiger partial charge is 0.0696 e. The highest BCUT2D eigenvalue weighted by atomic mass is 32.1. The molecule has 0 saturated heterocycles. The van der Waals surface area contributed by atoms with Gasteiger partial charge >= 0.3 is 0 Å². The number of hydrogen-bond donors (Lipinski definition) is 1. The van der Waals surface area contributed by atoms with Crippen molar-refractivity contribution in [3.8, 4) is 6.07 Å². The van der Waals surface area contributed by atoms with Crippen LogP contribution in [0.15, 0.2) is 23.1 Å². The van der Waals surface area contributed by atoms with E-state index in [9.17, 15) is 0 Å². The van der Waals surface area contributed by atoms with Gasteiger partial charge in [0.1, 0.15) is 0 Å². The lowest BCUT2D eigenvalue weighted by Gasteiger charge is -1.98. The van der Waals surface area contributed by atoms with Crippen LogP contribution < -0.4 is 0 Å². The first-order chi connectivity index (χ1) is 6.72. The van der Waals surface area contributed by atoms with Gasteiger partial charge in [-0.05, 0) is 30.0 Å². The van der Waals surface area contributed by atoms with Crippen LogP contribution in [0, 0.1) is 18.3 Å². The summed E-state index contributed by atoms with van der Waals surface area (Å²) in [4.78, 5) is 2.15. The standard InChI is InChI=1S/C11H9NS2/c1-7-10(13)3-2-8-6-9(4-5-12)14-11(7)8/h2-3,6,13H,4H2,1H3. The molecule has 1 heterocycles. The average Bonchev–Trinajstić information content (AvgIpc) is 2.56. The fourth-order valence-electron chi connectivity index (χ4n) is 1.45. The number of hydrogen-bond acceptors (Lipinski definition) is 3. The summed E-state index contributed by atoms with van der Waals surface area (Å²) in [6, 6.07) is 8.32. The van der Waals surface area contributed by atoms with Crippen LogP contribution >= 0.6 is 24.0 Å². The molecule has 2 aromatic rings. The van der Waals surface area contributed by atoms with Gasteiger partial charge in [0.25, 0.3) is 0 Å². The molecule has 0 unspecified atom stereocenters. The Bertz CT molecular complexity index is 520. The predicted octanol–water partition coefficient (Wildman–Crippen LogP) is 3.56. The third-order valence-corrected chi connectivity index (χ3v) is 3.97. The Labute approximate surface area is 92.4 Å². The van der Waals surface area contributed by atoms with Crippen molar-refractivity contribution < 1.29 is 0 Å². The zero-order valence-corrected chi connectivity index (χ0v) is 9.45. The van der Waals surface area contributed by atoms with Gasteiger partial charge in [-0.1, -0.05) is 6.07 Å². The van der Waals surface area contributed by atoms with Crippen molar-refractivity contribution in [2.75, 3.05) is 0 Å². The molecule has 2 rings (SSSR count). The Morgan fingerprint density at radius 1 is 1.50 bits per heavy atom. The number of thiophene rings is 1. The van der Waals surface area contributed by atoms with E-state index in [-0.39, 0.29) is 0 Å². The Balaban J connectivity index is 2.66. The van der Waals surface area contributed by atoms with E-state index in [1.807, 2.05) is 6.07 Å². The molecule has 0 aliphatic heterocycles. The van der Waals surface area contributed by atoms with Crippen LogP contribution in [0.3, 0.4) is 0 Å². The quantitative estimate of drug-likeness (QED) is 0.728. The Morgan fingerprint density at radius 3 is 3.00 bits per heavy atom. The fourth-order valence-corrected chi connectivity index (χ4v) is 2.81. The van der Waals surface area contributed by atoms with Crippen LogP contribution in [0.25, 0.3) is 10.1 Å². The van der Waals surface area contributed by atoms with Gasteiger partial charge < -0.3 is 0 Å². The second-order valence-corrected chi connectivity index (χ2v) is 4.79. The summed E-state index contributed by atoms with van der Waals surface area (Å²) in [6.07, 6.45) is 0.501. The molecular weight excluding hydrogens is 210 g/mol. The molecular formula is C11H9NS2. The molecule has 1 aromatic carbocycles. The summed E-state index contributed by atoms with van der Waals surface area (Å²) < 4.78 is 1.25. The highest BCUT2D eigenvalue weighted by Crippen LogP contribution is 2.31. The number of rotatable bonds is 1. The van der Waals surface area contributed by atoms with E-state index in [4.69, 9.17) is 5.26 Å². The first-order valence-corrected chi connectivity index (χ1v) is 5.56. The zero-order chi connectivity index (χ0) is 10.1. The van der Waals surface area contributed by atoms with Crippen molar-refractivity contribution in [1.29, 1.82) is 5.26 Å². The lowest BCUT2D eigenvalue weighted by Crippen LogP contribution is -1.74. The van der Waals surface area contributed by atoms with Gasteiger partial charge in [-0.25, -0.2) is 0 Å². The van der Waals surface area contributed by atoms with E-state index in [1.165, 1.54) is 15.6 Å². The summed E-state index contributed by atoms with van der Waals surface area (Å²) >= 11 is 6.07. The lowest BCUT2D eigenvalue weighted by molar-refractivity contribution is 1.32. The van der Waals surface area contributed by atoms with E-state index in [2.05, 4.69) is 37.8 Å². The van der Waals surface area contributed by atoms with E-state index in [1.54, 1.807) is 11.3 Å². The summed E-state index contributed by atoms with van der Waals surface area (Å²) in [5.74, 6) is 0. The van der Waals surface area contributed by atoms with Crippen molar-refractivity contribution >= 4 is 34.1 Å². The number of nitriles is 1. The number of fused-ring (bicyclic) bond motifs is 1. The molecule has 0 fully saturated rings. The first kappa shape index (κ1) is 9.57. The van der Waals surface area contributed by atoms with Gasteiger partial charge in [0.2, 0.25) is 0 Å². The van der Waals surface area contributed by atoms with Crippen molar-refractivity contribution in [1.82, 2.24) is 0 Å². The first-order valence-electron chi connectivity index (χ1n) is 4.30. The van der Waals surface area contributed by atoms with E-state index >= 15 is 0 Å². The number of aryl methyl sites for hydroxylation is 1. The third-order valence-electron chi connectivity index (χ3n) is 2.21. The van der Waals surface area contributed by atoms with Gasteiger partial charge in [0, 0.05) is 14.5 Å². The fraction of sp³-hybridized carbons (Fsp3) is 0.182. The number of benzene rings is 1. The van der Waals surface area contributed by atoms with Gasteiger partial charge in [-0.2, -0.15) is 5.26 Å². The normalized spacial score (nSPS) is 10.4. The van der Waals surface area contributed by atoms with E-state index in [0.29, 0.717) is 6.42 Å². The Hall–Kier alpha value is -0.980. The van der Waals surface area contributed by atoms with E-state index < -0.39 is 0 Å². The van der Waals surface area contributed by atoms with Crippen LogP contribution in [0.2, 0.25) is 0 Å². The molecule has 70 valence electrons. The van der Waals surface area contributed by atoms with Crippen LogP contribution in [0.5, 0.6) is 0 Å². The second-order valence-electron chi connectivity index (χ2n) is 3.18. The molecule has 0 spiro atoms. The molecule has 1 nitrogen and oxygen atoms in total. The molecule has 0 amide bonds. The highest BCUT2D eigenvalue weighted by Gasteiger charge is 2.05. The molecule has 0 bridgehead atoms. The summed E-state index contributed by atoms with van der Waals surface area (Å²) in [5.41, 5.74) is 1.21. The van der Waals surface area contributed by atoms with Crippen LogP contribution in [-0.4, -0.2) is 0 Å². The molecule has 0 atom stereocenters. The largest absolute Gasteiger partial charge is 0.198 e. The predicted molar refractivity (Wildman–Crippen MR) is 63.1 cm³/mol. The Kier molecular flexibility index (Phi) is 2.49. The molecule has 14 heavy (non-hydrogen) atoms. The SMILES string of the molecule is Cc1c(S)ccc2cc(CC#N)sc12. The lowest BCUT2D eigenvalue weighted by atomic mass is 10.2. The highest BCUT2D eigenvalue weighted by molar-refractivity contribution is 7.80. The minimum atomic E-state index is 0.501. The minimum Gasteiger partial charge on any atom is -0.198 e. The summed E-state index contributed by atoms with van der Waals surface area (Å²) in [7, 11) is 0. The maximum atomic E-state index is 8.61. The molecule has 0 saturated carbocycles. The maximum Gasteiger partial charge on any atom is 0.0696 e. The summed E-state index contributed by atoms with van der Waals surface area (Å²) in [6.45, 7) is 2.07. The second kappa shape index (κ2) is 3.64. The van der Waals surface area contributed by atoms with Crippen LogP contribution in [0.1, 0.15) is 10.4 Å². The van der Waals surface area contributed by atoms with Crippen LogP contribution in [-0.2, 0) is 6.42 Å². The number of nitrogens with zero attached hydrogens (tertiary/aromatic N) is 1. The maximum absolute atomic E-state index is 8.61. The Morgan fingerprint density at radius 2 is 2.29 bits per heavy atom. The number of thiol groups is 1. The van der Waals surface area contributed by atoms with Gasteiger partial charge in [-0.15, -0.1) is 24.0 Å². The van der Waals surface area contributed by atoms with Crippen molar-refractivity contribution in [2.24, 2.45) is 0 Å². The van der Waals surface area contributed by atoms with Crippen molar-refractivity contribution in [3.63, 3.8) is 0 Å². The van der Waals surface area contributed by atoms with Crippen molar-refractivity contribution in [2.45, 2.75) is 18.2 Å². The average molecular weight is 219 g/mol. The summed E-state index contributed by atoms with van der Waals surface area (Å²) in [5, 5.41) is 9.83. The van der Waals surface area contributed by atoms with E-state index in [0.717, 1.165) is 9.77 Å². The third kappa shape index (κ3) is 1.52. The van der Waals surface area contributed by atoms with Gasteiger partial charge in [-0.3, -0.25) is 0 Å². The monoisotopic (exact) mass is 219 g/mol. The van der Waals surface area contributed by atoms with Crippen LogP contribution in [0.4, 0.5) is 0 Å². The molecule has 0 N–H and O–H groups in total. The molecule has 0 aliphatic rings. The molecule has 0 radical (unpaired) electrons. The van der Waals surface area contributed by atoms with Crippen molar-refractivity contribution in [3.05, 3.63) is 28.6 Å². The van der Waals surface area contributed by atoms with Gasteiger partial charge in [0.15, 0.2) is 0 Å².